The van der Waals surface area contributed by atoms with Gasteiger partial charge in [-0.1, -0.05) is 18.2 Å². The molecule has 0 fully saturated rings. The van der Waals surface area contributed by atoms with Gasteiger partial charge in [-0.15, -0.1) is 0 Å². The summed E-state index contributed by atoms with van der Waals surface area (Å²) < 4.78 is 9.30. The number of hydrogen-bond acceptors (Lipinski definition) is 5. The number of hydrogen-bond donors (Lipinski definition) is 0. The van der Waals surface area contributed by atoms with Crippen LogP contribution in [0, 0.1) is 5.41 Å². The molecule has 0 aromatic carbocycles. The summed E-state index contributed by atoms with van der Waals surface area (Å²) in [4.78, 5) is 35.2. The molecule has 0 heterocycles. The molecule has 0 N–H and O–H groups in total. The van der Waals surface area contributed by atoms with Crippen LogP contribution in [0.1, 0.15) is 19.3 Å². The molecule has 0 aliphatic heterocycles. The van der Waals surface area contributed by atoms with Crippen LogP contribution >= 0.6 is 0 Å². The average molecular weight is 252 g/mol. The van der Waals surface area contributed by atoms with E-state index in [-0.39, 0.29) is 12.2 Å². The third-order valence-electron chi connectivity index (χ3n) is 2.82. The first-order chi connectivity index (χ1) is 8.56. The van der Waals surface area contributed by atoms with Gasteiger partial charge in [0.2, 0.25) is 0 Å². The van der Waals surface area contributed by atoms with Gasteiger partial charge in [-0.25, -0.2) is 0 Å². The Kier molecular flexibility index (Phi) is 4.83. The highest BCUT2D eigenvalue weighted by molar-refractivity contribution is 6.04. The highest BCUT2D eigenvalue weighted by Gasteiger charge is 2.45. The fourth-order valence-corrected chi connectivity index (χ4v) is 1.75. The van der Waals surface area contributed by atoms with Crippen molar-refractivity contribution in [1.82, 2.24) is 0 Å². The zero-order valence-electron chi connectivity index (χ0n) is 10.5. The second kappa shape index (κ2) is 6.14. The van der Waals surface area contributed by atoms with Crippen LogP contribution in [0.25, 0.3) is 0 Å². The van der Waals surface area contributed by atoms with E-state index in [1.165, 1.54) is 26.4 Å². The van der Waals surface area contributed by atoms with Crippen molar-refractivity contribution >= 4 is 17.7 Å². The van der Waals surface area contributed by atoms with Crippen molar-refractivity contribution in [3.05, 3.63) is 24.3 Å². The molecular formula is C13H16O5. The molecule has 0 saturated carbocycles. The average Bonchev–Trinajstić information content (AvgIpc) is 2.48. The number of carbonyl (C=O) groups is 3. The monoisotopic (exact) mass is 252 g/mol. The van der Waals surface area contributed by atoms with Crippen molar-refractivity contribution in [1.29, 1.82) is 0 Å². The maximum atomic E-state index is 11.9. The van der Waals surface area contributed by atoms with Gasteiger partial charge < -0.3 is 9.47 Å². The van der Waals surface area contributed by atoms with Crippen LogP contribution in [0.3, 0.4) is 0 Å². The topological polar surface area (TPSA) is 69.7 Å². The van der Waals surface area contributed by atoms with Gasteiger partial charge in [0.1, 0.15) is 0 Å². The summed E-state index contributed by atoms with van der Waals surface area (Å²) in [5, 5.41) is 0. The van der Waals surface area contributed by atoms with Crippen LogP contribution in [0.5, 0.6) is 0 Å². The van der Waals surface area contributed by atoms with Crippen LogP contribution in [0.4, 0.5) is 0 Å². The zero-order chi connectivity index (χ0) is 13.6. The van der Waals surface area contributed by atoms with Gasteiger partial charge in [0, 0.05) is 6.42 Å². The lowest BCUT2D eigenvalue weighted by Gasteiger charge is -2.23. The second-order valence-electron chi connectivity index (χ2n) is 3.97. The Labute approximate surface area is 105 Å². The summed E-state index contributed by atoms with van der Waals surface area (Å²) in [7, 11) is 2.39. The van der Waals surface area contributed by atoms with Crippen LogP contribution in [0.2, 0.25) is 0 Å². The number of rotatable bonds is 2. The van der Waals surface area contributed by atoms with Crippen LogP contribution < -0.4 is 0 Å². The maximum absolute atomic E-state index is 11.9. The number of allylic oxidation sites excluding steroid dienone is 3. The number of esters is 2. The fraction of sp³-hybridized carbons (Fsp3) is 0.462. The van der Waals surface area contributed by atoms with Crippen molar-refractivity contribution in [2.24, 2.45) is 5.41 Å². The van der Waals surface area contributed by atoms with Gasteiger partial charge in [0.15, 0.2) is 11.2 Å². The molecule has 1 aliphatic carbocycles. The Hall–Kier alpha value is -1.91. The van der Waals surface area contributed by atoms with Gasteiger partial charge in [-0.2, -0.15) is 0 Å². The summed E-state index contributed by atoms with van der Waals surface area (Å²) in [5.74, 6) is -1.60. The van der Waals surface area contributed by atoms with Gasteiger partial charge in [0.05, 0.1) is 14.2 Å². The molecular weight excluding hydrogens is 236 g/mol. The second-order valence-corrected chi connectivity index (χ2v) is 3.97. The largest absolute Gasteiger partial charge is 0.468 e. The predicted molar refractivity (Wildman–Crippen MR) is 63.6 cm³/mol. The quantitative estimate of drug-likeness (QED) is 0.419. The lowest BCUT2D eigenvalue weighted by molar-refractivity contribution is -0.164. The molecule has 0 atom stereocenters. The van der Waals surface area contributed by atoms with Gasteiger partial charge in [-0.05, 0) is 18.9 Å². The molecule has 5 nitrogen and oxygen atoms in total. The lowest BCUT2D eigenvalue weighted by Crippen LogP contribution is -2.39. The van der Waals surface area contributed by atoms with E-state index in [4.69, 9.17) is 0 Å². The lowest BCUT2D eigenvalue weighted by atomic mass is 9.83. The van der Waals surface area contributed by atoms with Crippen molar-refractivity contribution in [2.45, 2.75) is 19.3 Å². The fourth-order valence-electron chi connectivity index (χ4n) is 1.75. The zero-order valence-corrected chi connectivity index (χ0v) is 10.5. The normalized spacial score (nSPS) is 22.0. The Bertz CT molecular complexity index is 390. The minimum absolute atomic E-state index is 0.121. The predicted octanol–water partition coefficient (Wildman–Crippen LogP) is 1.18. The summed E-state index contributed by atoms with van der Waals surface area (Å²) in [6.07, 6.45) is 7.05. The van der Waals surface area contributed by atoms with E-state index in [1.807, 2.05) is 0 Å². The van der Waals surface area contributed by atoms with E-state index in [1.54, 1.807) is 12.2 Å². The molecule has 1 aliphatic rings. The van der Waals surface area contributed by atoms with Crippen molar-refractivity contribution in [3.63, 3.8) is 0 Å². The maximum Gasteiger partial charge on any atom is 0.327 e. The first-order valence-corrected chi connectivity index (χ1v) is 5.60. The standard InChI is InChI=1S/C13H16O5/c1-17-11(15)13(12(16)18-2)8-5-3-4-6-10(14)7-9-13/h3,5,7,9H,4,6,8H2,1-2H3/b5-3-,9-7-. The molecule has 0 unspecified atom stereocenters. The number of ketones is 1. The van der Waals surface area contributed by atoms with Crippen molar-refractivity contribution in [3.8, 4) is 0 Å². The molecule has 0 bridgehead atoms. The molecule has 5 heteroatoms. The van der Waals surface area contributed by atoms with E-state index in [2.05, 4.69) is 9.47 Å². The molecule has 0 amide bonds. The Morgan fingerprint density at radius 1 is 1.17 bits per heavy atom. The van der Waals surface area contributed by atoms with Crippen molar-refractivity contribution < 1.29 is 23.9 Å². The van der Waals surface area contributed by atoms with Crippen molar-refractivity contribution in [2.75, 3.05) is 14.2 Å². The van der Waals surface area contributed by atoms with E-state index < -0.39 is 17.4 Å². The third kappa shape index (κ3) is 2.85. The third-order valence-corrected chi connectivity index (χ3v) is 2.82. The summed E-state index contributed by atoms with van der Waals surface area (Å²) >= 11 is 0. The first-order valence-electron chi connectivity index (χ1n) is 5.60. The Morgan fingerprint density at radius 2 is 1.78 bits per heavy atom. The molecule has 1 rings (SSSR count). The SMILES string of the molecule is COC(=O)C1(C(=O)OC)/C=C\C(=O)CC/C=C\C1. The summed E-state index contributed by atoms with van der Waals surface area (Å²) in [6.45, 7) is 0. The van der Waals surface area contributed by atoms with Gasteiger partial charge in [-0.3, -0.25) is 14.4 Å². The first kappa shape index (κ1) is 14.2. The number of carbonyl (C=O) groups excluding carboxylic acids is 3. The molecule has 18 heavy (non-hydrogen) atoms. The smallest absolute Gasteiger partial charge is 0.327 e. The number of methoxy groups -OCH3 is 2. The van der Waals surface area contributed by atoms with E-state index >= 15 is 0 Å². The summed E-state index contributed by atoms with van der Waals surface area (Å²) in [5.41, 5.74) is -1.57. The minimum Gasteiger partial charge on any atom is -0.468 e. The van der Waals surface area contributed by atoms with Gasteiger partial charge >= 0.3 is 11.9 Å². The van der Waals surface area contributed by atoms with E-state index in [9.17, 15) is 14.4 Å². The van der Waals surface area contributed by atoms with E-state index in [0.717, 1.165) is 0 Å². The van der Waals surface area contributed by atoms with Crippen LogP contribution in [0.15, 0.2) is 24.3 Å². The molecule has 0 saturated heterocycles. The molecule has 0 spiro atoms. The highest BCUT2D eigenvalue weighted by atomic mass is 16.5. The molecule has 0 radical (unpaired) electrons. The van der Waals surface area contributed by atoms with E-state index in [0.29, 0.717) is 12.8 Å². The minimum atomic E-state index is -1.57. The molecule has 98 valence electrons. The van der Waals surface area contributed by atoms with Crippen LogP contribution in [-0.4, -0.2) is 31.9 Å². The highest BCUT2D eigenvalue weighted by Crippen LogP contribution is 2.29. The Balaban J connectivity index is 3.23. The Morgan fingerprint density at radius 3 is 2.33 bits per heavy atom. The van der Waals surface area contributed by atoms with Crippen LogP contribution in [-0.2, 0) is 23.9 Å². The molecule has 0 aromatic heterocycles. The molecule has 0 aromatic rings. The summed E-state index contributed by atoms with van der Waals surface area (Å²) in [6, 6.07) is 0. The number of ether oxygens (including phenoxy) is 2. The van der Waals surface area contributed by atoms with Gasteiger partial charge in [0.25, 0.3) is 0 Å².